The SMILES string of the molecule is CC1(C)c2ccccc2-c2cc3c4ccccc4n(-c4nc(-c5ccccc5)nc(-c5ccc6c(c5)c5ccccc5n6-c5ccccc5)n4)c3cc21. The standard InChI is InChI=1S/C48H33N5/c1-48(2)39-22-12-9-19-33(39)36-28-38-35-21-11-14-24-42(35)53(44(38)29-40(36)48)47-50-45(30-15-5-3-6-16-30)49-46(51-47)31-25-26-43-37(27-31)34-20-10-13-23-41(34)52(43)32-17-7-4-8-18-32/h3-29H,1-2H3. The molecule has 0 saturated heterocycles. The van der Waals surface area contributed by atoms with Crippen LogP contribution in [0.15, 0.2) is 164 Å². The van der Waals surface area contributed by atoms with E-state index in [0.29, 0.717) is 17.6 Å². The van der Waals surface area contributed by atoms with Gasteiger partial charge in [0.15, 0.2) is 11.6 Å². The first-order chi connectivity index (χ1) is 26.0. The Bertz CT molecular complexity index is 3080. The number of nitrogens with zero attached hydrogens (tertiary/aromatic N) is 5. The van der Waals surface area contributed by atoms with Gasteiger partial charge in [0.2, 0.25) is 5.95 Å². The van der Waals surface area contributed by atoms with Gasteiger partial charge in [-0.3, -0.25) is 4.57 Å². The molecular weight excluding hydrogens is 647 g/mol. The van der Waals surface area contributed by atoms with E-state index in [-0.39, 0.29) is 5.41 Å². The van der Waals surface area contributed by atoms with E-state index in [1.54, 1.807) is 0 Å². The Morgan fingerprint density at radius 1 is 0.396 bits per heavy atom. The van der Waals surface area contributed by atoms with Gasteiger partial charge in [-0.05, 0) is 76.9 Å². The molecule has 5 heteroatoms. The van der Waals surface area contributed by atoms with E-state index < -0.39 is 0 Å². The zero-order valence-corrected chi connectivity index (χ0v) is 29.3. The zero-order chi connectivity index (χ0) is 35.3. The molecule has 0 radical (unpaired) electrons. The van der Waals surface area contributed by atoms with Crippen LogP contribution in [-0.2, 0) is 5.41 Å². The van der Waals surface area contributed by atoms with Crippen molar-refractivity contribution in [3.63, 3.8) is 0 Å². The second-order valence-electron chi connectivity index (χ2n) is 14.5. The number of hydrogen-bond acceptors (Lipinski definition) is 3. The van der Waals surface area contributed by atoms with Crippen molar-refractivity contribution in [3.8, 4) is 45.5 Å². The van der Waals surface area contributed by atoms with Crippen LogP contribution in [0.5, 0.6) is 0 Å². The molecule has 0 N–H and O–H groups in total. The third kappa shape index (κ3) is 4.34. The van der Waals surface area contributed by atoms with E-state index in [0.717, 1.165) is 44.3 Å². The van der Waals surface area contributed by atoms with Gasteiger partial charge < -0.3 is 4.57 Å². The van der Waals surface area contributed by atoms with Crippen LogP contribution in [0.25, 0.3) is 89.2 Å². The Labute approximate surface area is 306 Å². The van der Waals surface area contributed by atoms with E-state index >= 15 is 0 Å². The summed E-state index contributed by atoms with van der Waals surface area (Å²) in [6.45, 7) is 4.66. The Balaban J connectivity index is 1.18. The fourth-order valence-electron chi connectivity index (χ4n) is 8.66. The topological polar surface area (TPSA) is 48.5 Å². The summed E-state index contributed by atoms with van der Waals surface area (Å²) in [6.07, 6.45) is 0. The van der Waals surface area contributed by atoms with Crippen LogP contribution in [0.4, 0.5) is 0 Å². The van der Waals surface area contributed by atoms with Gasteiger partial charge >= 0.3 is 0 Å². The molecule has 5 nitrogen and oxygen atoms in total. The van der Waals surface area contributed by atoms with Crippen molar-refractivity contribution >= 4 is 43.6 Å². The first-order valence-corrected chi connectivity index (χ1v) is 18.1. The molecule has 10 aromatic rings. The number of hydrogen-bond donors (Lipinski definition) is 0. The van der Waals surface area contributed by atoms with Gasteiger partial charge in [-0.1, -0.05) is 123 Å². The second kappa shape index (κ2) is 11.1. The van der Waals surface area contributed by atoms with Crippen LogP contribution >= 0.6 is 0 Å². The van der Waals surface area contributed by atoms with E-state index in [4.69, 9.17) is 15.0 Å². The molecule has 250 valence electrons. The highest BCUT2D eigenvalue weighted by atomic mass is 15.2. The molecule has 1 aliphatic rings. The average Bonchev–Trinajstić information content (AvgIpc) is 3.80. The summed E-state index contributed by atoms with van der Waals surface area (Å²) in [6, 6.07) is 58.1. The number of rotatable bonds is 4. The first kappa shape index (κ1) is 29.8. The van der Waals surface area contributed by atoms with Gasteiger partial charge in [0.1, 0.15) is 0 Å². The summed E-state index contributed by atoms with van der Waals surface area (Å²) in [5.74, 6) is 1.87. The monoisotopic (exact) mass is 679 g/mol. The summed E-state index contributed by atoms with van der Waals surface area (Å²) < 4.78 is 4.57. The molecule has 0 unspecified atom stereocenters. The van der Waals surface area contributed by atoms with Crippen molar-refractivity contribution in [3.05, 3.63) is 175 Å². The third-order valence-electron chi connectivity index (χ3n) is 11.2. The highest BCUT2D eigenvalue weighted by Crippen LogP contribution is 2.51. The van der Waals surface area contributed by atoms with Gasteiger partial charge in [0.25, 0.3) is 0 Å². The molecule has 0 saturated carbocycles. The van der Waals surface area contributed by atoms with E-state index in [1.165, 1.54) is 38.4 Å². The smallest absolute Gasteiger partial charge is 0.238 e. The normalized spacial score (nSPS) is 13.2. The minimum Gasteiger partial charge on any atom is -0.309 e. The summed E-state index contributed by atoms with van der Waals surface area (Å²) in [5, 5.41) is 4.70. The van der Waals surface area contributed by atoms with Crippen molar-refractivity contribution in [1.29, 1.82) is 0 Å². The molecule has 7 aromatic carbocycles. The van der Waals surface area contributed by atoms with Crippen molar-refractivity contribution < 1.29 is 0 Å². The summed E-state index contributed by atoms with van der Waals surface area (Å²) in [4.78, 5) is 15.7. The molecule has 0 fully saturated rings. The molecule has 3 aromatic heterocycles. The van der Waals surface area contributed by atoms with Crippen LogP contribution in [0.2, 0.25) is 0 Å². The van der Waals surface area contributed by atoms with Crippen LogP contribution in [-0.4, -0.2) is 24.1 Å². The minimum absolute atomic E-state index is 0.144. The number of benzene rings is 7. The molecule has 1 aliphatic carbocycles. The molecule has 0 spiro atoms. The maximum Gasteiger partial charge on any atom is 0.238 e. The Morgan fingerprint density at radius 3 is 1.74 bits per heavy atom. The van der Waals surface area contributed by atoms with Crippen molar-refractivity contribution in [2.24, 2.45) is 0 Å². The molecule has 0 amide bonds. The summed E-state index contributed by atoms with van der Waals surface area (Å²) in [5.41, 5.74) is 12.6. The van der Waals surface area contributed by atoms with Crippen LogP contribution in [0, 0.1) is 0 Å². The minimum atomic E-state index is -0.144. The highest BCUT2D eigenvalue weighted by molar-refractivity contribution is 6.12. The number of fused-ring (bicyclic) bond motifs is 9. The lowest BCUT2D eigenvalue weighted by Crippen LogP contribution is -2.15. The lowest BCUT2D eigenvalue weighted by molar-refractivity contribution is 0.661. The van der Waals surface area contributed by atoms with E-state index in [9.17, 15) is 0 Å². The molecular formula is C48H33N5. The lowest BCUT2D eigenvalue weighted by atomic mass is 9.82. The fraction of sp³-hybridized carbons (Fsp3) is 0.0625. The predicted molar refractivity (Wildman–Crippen MR) is 217 cm³/mol. The Hall–Kier alpha value is -6.85. The van der Waals surface area contributed by atoms with Gasteiger partial charge in [-0.15, -0.1) is 0 Å². The van der Waals surface area contributed by atoms with Crippen molar-refractivity contribution in [2.45, 2.75) is 19.3 Å². The Morgan fingerprint density at radius 2 is 0.981 bits per heavy atom. The predicted octanol–water partition coefficient (Wildman–Crippen LogP) is 11.7. The number of para-hydroxylation sites is 3. The largest absolute Gasteiger partial charge is 0.309 e. The molecule has 0 atom stereocenters. The number of aromatic nitrogens is 5. The van der Waals surface area contributed by atoms with Crippen LogP contribution in [0.1, 0.15) is 25.0 Å². The van der Waals surface area contributed by atoms with Crippen LogP contribution < -0.4 is 0 Å². The molecule has 0 bridgehead atoms. The molecule has 0 aliphatic heterocycles. The van der Waals surface area contributed by atoms with E-state index in [1.807, 2.05) is 18.2 Å². The fourth-order valence-corrected chi connectivity index (χ4v) is 8.66. The van der Waals surface area contributed by atoms with Gasteiger partial charge in [-0.2, -0.15) is 9.97 Å². The van der Waals surface area contributed by atoms with E-state index in [2.05, 4.69) is 169 Å². The Kier molecular flexibility index (Phi) is 6.23. The maximum atomic E-state index is 5.33. The van der Waals surface area contributed by atoms with Gasteiger partial charge in [0, 0.05) is 43.8 Å². The molecule has 3 heterocycles. The summed E-state index contributed by atoms with van der Waals surface area (Å²) >= 11 is 0. The van der Waals surface area contributed by atoms with Crippen molar-refractivity contribution in [1.82, 2.24) is 24.1 Å². The molecule has 11 rings (SSSR count). The second-order valence-corrected chi connectivity index (χ2v) is 14.5. The zero-order valence-electron chi connectivity index (χ0n) is 29.3. The maximum absolute atomic E-state index is 5.33. The quantitative estimate of drug-likeness (QED) is 0.186. The van der Waals surface area contributed by atoms with Gasteiger partial charge in [0.05, 0.1) is 22.1 Å². The first-order valence-electron chi connectivity index (χ1n) is 18.1. The lowest BCUT2D eigenvalue weighted by Gasteiger charge is -2.21. The molecule has 53 heavy (non-hydrogen) atoms. The van der Waals surface area contributed by atoms with Crippen molar-refractivity contribution in [2.75, 3.05) is 0 Å². The van der Waals surface area contributed by atoms with Gasteiger partial charge in [-0.25, -0.2) is 4.98 Å². The van der Waals surface area contributed by atoms with Crippen LogP contribution in [0.3, 0.4) is 0 Å². The highest BCUT2D eigenvalue weighted by Gasteiger charge is 2.36. The average molecular weight is 680 g/mol. The summed E-state index contributed by atoms with van der Waals surface area (Å²) in [7, 11) is 0. The third-order valence-corrected chi connectivity index (χ3v) is 11.2.